The quantitative estimate of drug-likeness (QED) is 0.494. The van der Waals surface area contributed by atoms with E-state index >= 15 is 0 Å². The van der Waals surface area contributed by atoms with E-state index in [0.717, 1.165) is 41.9 Å². The average molecular weight is 419 g/mol. The Morgan fingerprint density at radius 3 is 2.58 bits per heavy atom. The van der Waals surface area contributed by atoms with E-state index in [1.54, 1.807) is 6.08 Å². The molecule has 164 valence electrons. The molecule has 1 heterocycles. The van der Waals surface area contributed by atoms with Crippen molar-refractivity contribution in [3.8, 4) is 0 Å². The van der Waals surface area contributed by atoms with Gasteiger partial charge in [0.2, 0.25) is 5.91 Å². The summed E-state index contributed by atoms with van der Waals surface area (Å²) in [6.07, 6.45) is 5.23. The van der Waals surface area contributed by atoms with Crippen LogP contribution in [0.5, 0.6) is 0 Å². The Hall–Kier alpha value is -2.92. The molecular weight excluding hydrogens is 384 g/mol. The number of carbonyl (C=O) groups is 1. The van der Waals surface area contributed by atoms with Crippen LogP contribution in [0.25, 0.3) is 17.1 Å². The van der Waals surface area contributed by atoms with Gasteiger partial charge in [-0.2, -0.15) is 0 Å². The molecule has 5 nitrogen and oxygen atoms in total. The number of aryl methyl sites for hydroxylation is 1. The van der Waals surface area contributed by atoms with Crippen LogP contribution in [0.2, 0.25) is 0 Å². The fraction of sp³-hybridized carbons (Fsp3) is 0.385. The number of nitrogens with one attached hydrogen (secondary N) is 1. The molecule has 0 bridgehead atoms. The zero-order valence-corrected chi connectivity index (χ0v) is 19.1. The van der Waals surface area contributed by atoms with E-state index in [9.17, 15) is 4.79 Å². The first-order valence-electron chi connectivity index (χ1n) is 11.1. The van der Waals surface area contributed by atoms with E-state index in [-0.39, 0.29) is 5.91 Å². The first-order chi connectivity index (χ1) is 14.9. The summed E-state index contributed by atoms with van der Waals surface area (Å²) in [6, 6.07) is 16.6. The van der Waals surface area contributed by atoms with Crippen molar-refractivity contribution >= 4 is 23.0 Å². The molecule has 5 heteroatoms. The molecule has 0 radical (unpaired) electrons. The number of hydrogen-bond donors (Lipinski definition) is 1. The maximum absolute atomic E-state index is 12.3. The van der Waals surface area contributed by atoms with Crippen molar-refractivity contribution in [2.45, 2.75) is 39.2 Å². The average Bonchev–Trinajstić information content (AvgIpc) is 3.10. The number of fused-ring (bicyclic) bond motifs is 1. The van der Waals surface area contributed by atoms with Crippen LogP contribution in [0, 0.1) is 0 Å². The lowest BCUT2D eigenvalue weighted by Crippen LogP contribution is -2.24. The highest BCUT2D eigenvalue weighted by atomic mass is 16.1. The second-order valence-corrected chi connectivity index (χ2v) is 8.52. The van der Waals surface area contributed by atoms with Gasteiger partial charge in [0.15, 0.2) is 0 Å². The van der Waals surface area contributed by atoms with E-state index in [0.29, 0.717) is 18.9 Å². The molecule has 3 aromatic rings. The topological polar surface area (TPSA) is 50.2 Å². The number of hydrogen-bond acceptors (Lipinski definition) is 3. The van der Waals surface area contributed by atoms with E-state index in [2.05, 4.69) is 79.1 Å². The summed E-state index contributed by atoms with van der Waals surface area (Å²) >= 11 is 0. The predicted molar refractivity (Wildman–Crippen MR) is 129 cm³/mol. The maximum Gasteiger partial charge on any atom is 0.244 e. The summed E-state index contributed by atoms with van der Waals surface area (Å²) in [7, 11) is 4.18. The Labute approximate surface area is 185 Å². The van der Waals surface area contributed by atoms with Gasteiger partial charge in [-0.15, -0.1) is 0 Å². The van der Waals surface area contributed by atoms with Crippen LogP contribution in [0.3, 0.4) is 0 Å². The lowest BCUT2D eigenvalue weighted by molar-refractivity contribution is -0.116. The molecule has 1 N–H and O–H groups in total. The molecule has 31 heavy (non-hydrogen) atoms. The largest absolute Gasteiger partial charge is 0.352 e. The highest BCUT2D eigenvalue weighted by molar-refractivity contribution is 5.91. The second-order valence-electron chi connectivity index (χ2n) is 8.52. The fourth-order valence-electron chi connectivity index (χ4n) is 3.63. The molecule has 0 aliphatic carbocycles. The number of amides is 1. The summed E-state index contributed by atoms with van der Waals surface area (Å²) < 4.78 is 2.29. The Morgan fingerprint density at radius 1 is 1.13 bits per heavy atom. The maximum atomic E-state index is 12.3. The number of aromatic nitrogens is 2. The van der Waals surface area contributed by atoms with Crippen LogP contribution in [0.15, 0.2) is 54.6 Å². The molecule has 0 fully saturated rings. The molecule has 3 rings (SSSR count). The Morgan fingerprint density at radius 2 is 1.87 bits per heavy atom. The third-order valence-electron chi connectivity index (χ3n) is 5.40. The lowest BCUT2D eigenvalue weighted by Gasteiger charge is -2.12. The molecule has 0 saturated carbocycles. The third kappa shape index (κ3) is 6.53. The van der Waals surface area contributed by atoms with Crippen LogP contribution >= 0.6 is 0 Å². The minimum absolute atomic E-state index is 0.0804. The van der Waals surface area contributed by atoms with Gasteiger partial charge in [0, 0.05) is 25.6 Å². The molecule has 0 spiro atoms. The molecule has 1 amide bonds. The SMILES string of the molecule is CC(C)c1ccc(/C=C/C(=O)NCCc2nc3ccccc3n2CCCN(C)C)cc1. The first-order valence-corrected chi connectivity index (χ1v) is 11.1. The molecular formula is C26H34N4O. The number of nitrogens with zero attached hydrogens (tertiary/aromatic N) is 3. The van der Waals surface area contributed by atoms with Crippen LogP contribution in [-0.2, 0) is 17.8 Å². The summed E-state index contributed by atoms with van der Waals surface area (Å²) in [5.41, 5.74) is 4.50. The van der Waals surface area contributed by atoms with Crippen molar-refractivity contribution in [1.29, 1.82) is 0 Å². The van der Waals surface area contributed by atoms with E-state index in [1.165, 1.54) is 5.56 Å². The van der Waals surface area contributed by atoms with Gasteiger partial charge in [-0.25, -0.2) is 4.98 Å². The number of rotatable bonds is 10. The highest BCUT2D eigenvalue weighted by Crippen LogP contribution is 2.17. The minimum atomic E-state index is -0.0804. The molecule has 0 unspecified atom stereocenters. The van der Waals surface area contributed by atoms with Gasteiger partial charge in [0.05, 0.1) is 11.0 Å². The van der Waals surface area contributed by atoms with Crippen LogP contribution < -0.4 is 5.32 Å². The molecule has 0 saturated heterocycles. The number of carbonyl (C=O) groups excluding carboxylic acids is 1. The van der Waals surface area contributed by atoms with Crippen LogP contribution in [0.1, 0.15) is 43.1 Å². The minimum Gasteiger partial charge on any atom is -0.352 e. The molecule has 2 aromatic carbocycles. The standard InChI is InChI=1S/C26H34N4O/c1-20(2)22-13-10-21(11-14-22)12-15-26(31)27-17-16-25-28-23-8-5-6-9-24(23)30(25)19-7-18-29(3)4/h5-6,8-15,20H,7,16-19H2,1-4H3,(H,27,31)/b15-12+. The third-order valence-corrected chi connectivity index (χ3v) is 5.40. The van der Waals surface area contributed by atoms with Crippen LogP contribution in [0.4, 0.5) is 0 Å². The molecule has 0 atom stereocenters. The fourth-order valence-corrected chi connectivity index (χ4v) is 3.63. The van der Waals surface area contributed by atoms with Gasteiger partial charge >= 0.3 is 0 Å². The van der Waals surface area contributed by atoms with Crippen molar-refractivity contribution < 1.29 is 4.79 Å². The zero-order chi connectivity index (χ0) is 22.2. The molecule has 1 aromatic heterocycles. The second kappa shape index (κ2) is 10.9. The summed E-state index contributed by atoms with van der Waals surface area (Å²) in [4.78, 5) is 19.3. The van der Waals surface area contributed by atoms with E-state index < -0.39 is 0 Å². The Bertz CT molecular complexity index is 1020. The van der Waals surface area contributed by atoms with Gasteiger partial charge in [-0.1, -0.05) is 50.2 Å². The summed E-state index contributed by atoms with van der Waals surface area (Å²) in [5, 5.41) is 2.99. The number of imidazole rings is 1. The zero-order valence-electron chi connectivity index (χ0n) is 19.1. The van der Waals surface area contributed by atoms with E-state index in [4.69, 9.17) is 4.98 Å². The predicted octanol–water partition coefficient (Wildman–Crippen LogP) is 4.48. The van der Waals surface area contributed by atoms with Gasteiger partial charge < -0.3 is 14.8 Å². The highest BCUT2D eigenvalue weighted by Gasteiger charge is 2.10. The van der Waals surface area contributed by atoms with Crippen LogP contribution in [-0.4, -0.2) is 47.5 Å². The van der Waals surface area contributed by atoms with Crippen molar-refractivity contribution in [3.05, 3.63) is 71.6 Å². The van der Waals surface area contributed by atoms with Gasteiger partial charge in [0.1, 0.15) is 5.82 Å². The first kappa shape index (κ1) is 22.8. The Balaban J connectivity index is 1.57. The van der Waals surface area contributed by atoms with Crippen molar-refractivity contribution in [3.63, 3.8) is 0 Å². The smallest absolute Gasteiger partial charge is 0.244 e. The lowest BCUT2D eigenvalue weighted by atomic mass is 10.0. The molecule has 0 aliphatic rings. The Kier molecular flexibility index (Phi) is 8.01. The van der Waals surface area contributed by atoms with Gasteiger partial charge in [0.25, 0.3) is 0 Å². The monoisotopic (exact) mass is 418 g/mol. The summed E-state index contributed by atoms with van der Waals surface area (Å²) in [5.74, 6) is 1.45. The molecule has 0 aliphatic heterocycles. The van der Waals surface area contributed by atoms with E-state index in [1.807, 2.05) is 18.2 Å². The van der Waals surface area contributed by atoms with Crippen molar-refractivity contribution in [1.82, 2.24) is 19.8 Å². The number of para-hydroxylation sites is 2. The van der Waals surface area contributed by atoms with Crippen molar-refractivity contribution in [2.24, 2.45) is 0 Å². The number of benzene rings is 2. The summed E-state index contributed by atoms with van der Waals surface area (Å²) in [6.45, 7) is 6.87. The van der Waals surface area contributed by atoms with Crippen molar-refractivity contribution in [2.75, 3.05) is 27.2 Å². The normalized spacial score (nSPS) is 11.8. The van der Waals surface area contributed by atoms with Gasteiger partial charge in [-0.05, 0) is 62.3 Å². The van der Waals surface area contributed by atoms with Gasteiger partial charge in [-0.3, -0.25) is 4.79 Å².